The third kappa shape index (κ3) is 6.26. The van der Waals surface area contributed by atoms with Gasteiger partial charge in [-0.2, -0.15) is 0 Å². The Kier molecular flexibility index (Phi) is 8.91. The average molecular weight is 560 g/mol. The molecule has 0 spiro atoms. The van der Waals surface area contributed by atoms with Gasteiger partial charge in [0.25, 0.3) is 0 Å². The van der Waals surface area contributed by atoms with E-state index >= 15 is 0 Å². The number of hydrogen-bond acceptors (Lipinski definition) is 6. The lowest BCUT2D eigenvalue weighted by molar-refractivity contribution is -0.133. The second-order valence-corrected chi connectivity index (χ2v) is 10.0. The molecule has 2 heterocycles. The molecule has 0 atom stereocenters. The zero-order valence-corrected chi connectivity index (χ0v) is 23.7. The summed E-state index contributed by atoms with van der Waals surface area (Å²) in [6, 6.07) is 23.7. The SMILES string of the molecule is CCCCn1c(-c2ccccc2)nc(Cl)c1CN(Cc1ccc2c(c1)OCCO2)c1ccccc1OC(=O)CC. The highest BCUT2D eigenvalue weighted by Gasteiger charge is 2.23. The van der Waals surface area contributed by atoms with Crippen LogP contribution >= 0.6 is 11.6 Å². The molecule has 4 aromatic rings. The molecule has 0 amide bonds. The fraction of sp³-hybridized carbons (Fsp3) is 0.312. The molecule has 7 nitrogen and oxygen atoms in total. The Labute approximate surface area is 240 Å². The summed E-state index contributed by atoms with van der Waals surface area (Å²) in [6.45, 7) is 6.79. The van der Waals surface area contributed by atoms with Crippen molar-refractivity contribution in [3.8, 4) is 28.6 Å². The third-order valence-corrected chi connectivity index (χ3v) is 7.13. The molecule has 1 aliphatic rings. The van der Waals surface area contributed by atoms with Crippen LogP contribution in [0.1, 0.15) is 44.4 Å². The highest BCUT2D eigenvalue weighted by molar-refractivity contribution is 6.30. The molecule has 208 valence electrons. The number of imidazole rings is 1. The minimum Gasteiger partial charge on any atom is -0.486 e. The molecule has 1 aromatic heterocycles. The molecule has 0 saturated heterocycles. The molecule has 1 aliphatic heterocycles. The normalized spacial score (nSPS) is 12.3. The fourth-order valence-corrected chi connectivity index (χ4v) is 5.03. The van der Waals surface area contributed by atoms with E-state index in [1.165, 1.54) is 0 Å². The first-order valence-electron chi connectivity index (χ1n) is 13.8. The number of unbranched alkanes of at least 4 members (excludes halogenated alkanes) is 1. The summed E-state index contributed by atoms with van der Waals surface area (Å²) in [6.07, 6.45) is 2.32. The molecule has 8 heteroatoms. The van der Waals surface area contributed by atoms with Crippen LogP contribution in [-0.4, -0.2) is 28.7 Å². The molecular weight excluding hydrogens is 526 g/mol. The Hall–Kier alpha value is -3.97. The predicted octanol–water partition coefficient (Wildman–Crippen LogP) is 7.30. The van der Waals surface area contributed by atoms with Gasteiger partial charge in [0.1, 0.15) is 19.0 Å². The van der Waals surface area contributed by atoms with Crippen molar-refractivity contribution in [3.05, 3.63) is 89.2 Å². The van der Waals surface area contributed by atoms with Crippen LogP contribution < -0.4 is 19.1 Å². The molecule has 0 fully saturated rings. The van der Waals surface area contributed by atoms with Gasteiger partial charge in [0.15, 0.2) is 22.4 Å². The molecule has 40 heavy (non-hydrogen) atoms. The molecule has 0 saturated carbocycles. The van der Waals surface area contributed by atoms with Crippen LogP contribution in [0.2, 0.25) is 5.15 Å². The predicted molar refractivity (Wildman–Crippen MR) is 157 cm³/mol. The number of esters is 1. The summed E-state index contributed by atoms with van der Waals surface area (Å²) in [5, 5.41) is 0.463. The van der Waals surface area contributed by atoms with Gasteiger partial charge in [0.05, 0.1) is 17.9 Å². The van der Waals surface area contributed by atoms with Crippen molar-refractivity contribution in [2.24, 2.45) is 0 Å². The Balaban J connectivity index is 1.57. The number of benzene rings is 3. The molecule has 0 bridgehead atoms. The van der Waals surface area contributed by atoms with Crippen molar-refractivity contribution in [1.29, 1.82) is 0 Å². The lowest BCUT2D eigenvalue weighted by Crippen LogP contribution is -2.25. The van der Waals surface area contributed by atoms with Gasteiger partial charge in [-0.3, -0.25) is 4.79 Å². The number of halogens is 1. The molecule has 0 unspecified atom stereocenters. The van der Waals surface area contributed by atoms with Gasteiger partial charge in [-0.15, -0.1) is 0 Å². The van der Waals surface area contributed by atoms with Crippen LogP contribution in [0.25, 0.3) is 11.4 Å². The van der Waals surface area contributed by atoms with Crippen LogP contribution in [0.4, 0.5) is 5.69 Å². The van der Waals surface area contributed by atoms with Gasteiger partial charge in [0.2, 0.25) is 0 Å². The number of aromatic nitrogens is 2. The van der Waals surface area contributed by atoms with E-state index < -0.39 is 0 Å². The van der Waals surface area contributed by atoms with Crippen molar-refractivity contribution < 1.29 is 19.0 Å². The average Bonchev–Trinajstić information content (AvgIpc) is 3.30. The summed E-state index contributed by atoms with van der Waals surface area (Å²) in [5.41, 5.74) is 3.74. The second-order valence-electron chi connectivity index (χ2n) is 9.67. The van der Waals surface area contributed by atoms with Crippen LogP contribution in [0.3, 0.4) is 0 Å². The van der Waals surface area contributed by atoms with E-state index in [-0.39, 0.29) is 12.4 Å². The zero-order chi connectivity index (χ0) is 27.9. The fourth-order valence-electron chi connectivity index (χ4n) is 4.79. The maximum Gasteiger partial charge on any atom is 0.310 e. The third-order valence-electron chi connectivity index (χ3n) is 6.83. The van der Waals surface area contributed by atoms with E-state index in [1.807, 2.05) is 60.7 Å². The maximum absolute atomic E-state index is 12.3. The van der Waals surface area contributed by atoms with Crippen LogP contribution in [0, 0.1) is 0 Å². The number of hydrogen-bond donors (Lipinski definition) is 0. The quantitative estimate of drug-likeness (QED) is 0.142. The van der Waals surface area contributed by atoms with E-state index in [0.717, 1.165) is 59.2 Å². The molecular formula is C32H34ClN3O4. The minimum atomic E-state index is -0.288. The number of carbonyl (C=O) groups is 1. The Bertz CT molecular complexity index is 1450. The smallest absolute Gasteiger partial charge is 0.310 e. The Morgan fingerprint density at radius 1 is 0.975 bits per heavy atom. The number of nitrogens with zero attached hydrogens (tertiary/aromatic N) is 3. The minimum absolute atomic E-state index is 0.284. The second kappa shape index (κ2) is 12.9. The van der Waals surface area contributed by atoms with Crippen molar-refractivity contribution in [3.63, 3.8) is 0 Å². The summed E-state index contributed by atoms with van der Waals surface area (Å²) in [4.78, 5) is 19.3. The first kappa shape index (κ1) is 27.6. The molecule has 3 aromatic carbocycles. The van der Waals surface area contributed by atoms with Crippen LogP contribution in [0.5, 0.6) is 17.2 Å². The summed E-state index contributed by atoms with van der Waals surface area (Å²) >= 11 is 6.87. The molecule has 0 aliphatic carbocycles. The maximum atomic E-state index is 12.3. The molecule has 0 radical (unpaired) electrons. The van der Waals surface area contributed by atoms with Crippen molar-refractivity contribution in [2.75, 3.05) is 18.1 Å². The first-order chi connectivity index (χ1) is 19.6. The van der Waals surface area contributed by atoms with E-state index in [1.54, 1.807) is 6.92 Å². The highest BCUT2D eigenvalue weighted by atomic mass is 35.5. The van der Waals surface area contributed by atoms with E-state index in [4.69, 9.17) is 30.8 Å². The number of ether oxygens (including phenoxy) is 3. The van der Waals surface area contributed by atoms with Crippen molar-refractivity contribution >= 4 is 23.3 Å². The van der Waals surface area contributed by atoms with Crippen molar-refractivity contribution in [2.45, 2.75) is 52.7 Å². The van der Waals surface area contributed by atoms with Gasteiger partial charge >= 0.3 is 5.97 Å². The number of para-hydroxylation sites is 2. The van der Waals surface area contributed by atoms with Crippen LogP contribution in [-0.2, 0) is 24.4 Å². The van der Waals surface area contributed by atoms with E-state index in [2.05, 4.69) is 28.5 Å². The number of rotatable bonds is 11. The Morgan fingerprint density at radius 2 is 1.73 bits per heavy atom. The zero-order valence-electron chi connectivity index (χ0n) is 22.9. The molecule has 5 rings (SSSR count). The first-order valence-corrected chi connectivity index (χ1v) is 14.2. The lowest BCUT2D eigenvalue weighted by atomic mass is 10.1. The number of carbonyl (C=O) groups excluding carboxylic acids is 1. The summed E-state index contributed by atoms with van der Waals surface area (Å²) < 4.78 is 19.6. The monoisotopic (exact) mass is 559 g/mol. The largest absolute Gasteiger partial charge is 0.486 e. The lowest BCUT2D eigenvalue weighted by Gasteiger charge is -2.28. The van der Waals surface area contributed by atoms with Gasteiger partial charge in [-0.25, -0.2) is 4.98 Å². The number of anilines is 1. The van der Waals surface area contributed by atoms with Crippen LogP contribution in [0.15, 0.2) is 72.8 Å². The van der Waals surface area contributed by atoms with Gasteiger partial charge in [0, 0.05) is 25.1 Å². The highest BCUT2D eigenvalue weighted by Crippen LogP contribution is 2.36. The van der Waals surface area contributed by atoms with Gasteiger partial charge in [-0.1, -0.05) is 80.4 Å². The summed E-state index contributed by atoms with van der Waals surface area (Å²) in [7, 11) is 0. The van der Waals surface area contributed by atoms with Crippen molar-refractivity contribution in [1.82, 2.24) is 9.55 Å². The summed E-state index contributed by atoms with van der Waals surface area (Å²) in [5.74, 6) is 2.54. The standard InChI is InChI=1S/C32H34ClN3O4/c1-3-5-17-36-26(31(33)34-32(36)24-11-7-6-8-12-24)22-35(25-13-9-10-14-27(25)40-30(37)4-2)21-23-15-16-28-29(20-23)39-19-18-38-28/h6-16,20H,3-5,17-19,21-22H2,1-2H3. The number of fused-ring (bicyclic) bond motifs is 1. The topological polar surface area (TPSA) is 65.8 Å². The molecule has 0 N–H and O–H groups in total. The van der Waals surface area contributed by atoms with E-state index in [9.17, 15) is 4.79 Å². The van der Waals surface area contributed by atoms with Gasteiger partial charge in [-0.05, 0) is 36.2 Å². The van der Waals surface area contributed by atoms with Gasteiger partial charge < -0.3 is 23.7 Å². The Morgan fingerprint density at radius 3 is 2.50 bits per heavy atom. The van der Waals surface area contributed by atoms with E-state index in [0.29, 0.717) is 37.2 Å².